The number of hydrogen-bond acceptors (Lipinski definition) is 4. The second-order valence-corrected chi connectivity index (χ2v) is 5.33. The minimum absolute atomic E-state index is 0.0912. The number of anilines is 1. The average Bonchev–Trinajstić information content (AvgIpc) is 2.30. The van der Waals surface area contributed by atoms with Crippen LogP contribution in [0.1, 0.15) is 20.3 Å². The number of nitriles is 1. The van der Waals surface area contributed by atoms with E-state index in [1.165, 1.54) is 0 Å². The highest BCUT2D eigenvalue weighted by Crippen LogP contribution is 2.31. The van der Waals surface area contributed by atoms with Crippen LogP contribution in [0.2, 0.25) is 0 Å². The molecule has 1 aromatic carbocycles. The van der Waals surface area contributed by atoms with E-state index in [9.17, 15) is 10.1 Å². The Bertz CT molecular complexity index is 483. The summed E-state index contributed by atoms with van der Waals surface area (Å²) in [5.41, 5.74) is 0.666. The maximum absolute atomic E-state index is 11.1. The van der Waals surface area contributed by atoms with Gasteiger partial charge in [0.2, 0.25) is 0 Å². The van der Waals surface area contributed by atoms with Crippen molar-refractivity contribution in [3.05, 3.63) is 31.9 Å². The largest absolute Gasteiger partial charge is 0.363 e. The Morgan fingerprint density at radius 1 is 1.56 bits per heavy atom. The normalized spacial score (nSPS) is 10.2. The van der Waals surface area contributed by atoms with Gasteiger partial charge in [-0.1, -0.05) is 0 Å². The standard InChI is InChI=1S/C12H14IN3O2/c1-9(2)15(7-3-6-14)11-5-4-10(13)8-12(11)16(17)18/h4-5,8-9H,3,7H2,1-2H3. The molecule has 1 rings (SSSR count). The zero-order valence-corrected chi connectivity index (χ0v) is 12.4. The average molecular weight is 359 g/mol. The lowest BCUT2D eigenvalue weighted by Crippen LogP contribution is -2.32. The lowest BCUT2D eigenvalue weighted by atomic mass is 10.2. The van der Waals surface area contributed by atoms with Crippen molar-refractivity contribution >= 4 is 34.0 Å². The summed E-state index contributed by atoms with van der Waals surface area (Å²) >= 11 is 2.05. The molecule has 0 spiro atoms. The molecule has 0 bridgehead atoms. The SMILES string of the molecule is CC(C)N(CCC#N)c1ccc(I)cc1[N+](=O)[O-]. The molecule has 0 heterocycles. The maximum Gasteiger partial charge on any atom is 0.293 e. The van der Waals surface area contributed by atoms with E-state index in [0.717, 1.165) is 3.57 Å². The molecule has 0 N–H and O–H groups in total. The zero-order valence-electron chi connectivity index (χ0n) is 10.3. The van der Waals surface area contributed by atoms with Gasteiger partial charge in [-0.15, -0.1) is 0 Å². The minimum atomic E-state index is -0.376. The van der Waals surface area contributed by atoms with Crippen molar-refractivity contribution in [2.45, 2.75) is 26.3 Å². The molecular weight excluding hydrogens is 345 g/mol. The van der Waals surface area contributed by atoms with Gasteiger partial charge < -0.3 is 4.90 Å². The first-order chi connectivity index (χ1) is 8.47. The topological polar surface area (TPSA) is 70.2 Å². The summed E-state index contributed by atoms with van der Waals surface area (Å²) in [6, 6.07) is 7.32. The molecule has 0 aliphatic rings. The van der Waals surface area contributed by atoms with Gasteiger partial charge in [-0.2, -0.15) is 5.26 Å². The summed E-state index contributed by atoms with van der Waals surface area (Å²) in [6.07, 6.45) is 0.349. The van der Waals surface area contributed by atoms with E-state index in [0.29, 0.717) is 18.7 Å². The Morgan fingerprint density at radius 3 is 2.72 bits per heavy atom. The lowest BCUT2D eigenvalue weighted by Gasteiger charge is -2.27. The first kappa shape index (κ1) is 14.7. The Kier molecular flexibility index (Phi) is 5.34. The van der Waals surface area contributed by atoms with Gasteiger partial charge >= 0.3 is 0 Å². The molecule has 0 aromatic heterocycles. The van der Waals surface area contributed by atoms with Crippen molar-refractivity contribution < 1.29 is 4.92 Å². The summed E-state index contributed by atoms with van der Waals surface area (Å²) in [4.78, 5) is 12.6. The van der Waals surface area contributed by atoms with E-state index in [4.69, 9.17) is 5.26 Å². The maximum atomic E-state index is 11.1. The molecule has 5 nitrogen and oxygen atoms in total. The van der Waals surface area contributed by atoms with Gasteiger partial charge in [-0.3, -0.25) is 10.1 Å². The van der Waals surface area contributed by atoms with Crippen molar-refractivity contribution in [1.29, 1.82) is 5.26 Å². The molecule has 1 aromatic rings. The molecule has 0 radical (unpaired) electrons. The predicted molar refractivity (Wildman–Crippen MR) is 78.5 cm³/mol. The number of nitrogens with zero attached hydrogens (tertiary/aromatic N) is 3. The highest BCUT2D eigenvalue weighted by Gasteiger charge is 2.21. The molecule has 6 heteroatoms. The molecular formula is C12H14IN3O2. The Labute approximate surface area is 120 Å². The van der Waals surface area contributed by atoms with E-state index in [-0.39, 0.29) is 16.7 Å². The number of benzene rings is 1. The second kappa shape index (κ2) is 6.54. The van der Waals surface area contributed by atoms with Crippen LogP contribution in [0.3, 0.4) is 0 Å². The first-order valence-electron chi connectivity index (χ1n) is 5.55. The van der Waals surface area contributed by atoms with E-state index in [1.807, 2.05) is 47.4 Å². The molecule has 0 aliphatic carbocycles. The Hall–Kier alpha value is -1.36. The van der Waals surface area contributed by atoms with Gasteiger partial charge in [-0.25, -0.2) is 0 Å². The number of hydrogen-bond donors (Lipinski definition) is 0. The molecule has 18 heavy (non-hydrogen) atoms. The Balaban J connectivity index is 3.19. The molecule has 0 unspecified atom stereocenters. The predicted octanol–water partition coefficient (Wildman–Crippen LogP) is 3.33. The van der Waals surface area contributed by atoms with Gasteiger partial charge in [0.1, 0.15) is 5.69 Å². The van der Waals surface area contributed by atoms with Gasteiger partial charge in [0, 0.05) is 22.2 Å². The van der Waals surface area contributed by atoms with Crippen LogP contribution in [-0.4, -0.2) is 17.5 Å². The monoisotopic (exact) mass is 359 g/mol. The van der Waals surface area contributed by atoms with E-state index < -0.39 is 0 Å². The van der Waals surface area contributed by atoms with Crippen molar-refractivity contribution in [3.63, 3.8) is 0 Å². The molecule has 0 amide bonds. The third kappa shape index (κ3) is 3.57. The Morgan fingerprint density at radius 2 is 2.22 bits per heavy atom. The van der Waals surface area contributed by atoms with Crippen LogP contribution < -0.4 is 4.90 Å². The highest BCUT2D eigenvalue weighted by atomic mass is 127. The van der Waals surface area contributed by atoms with Crippen LogP contribution >= 0.6 is 22.6 Å². The molecule has 0 fully saturated rings. The van der Waals surface area contributed by atoms with Gasteiger partial charge in [0.05, 0.1) is 17.4 Å². The fraction of sp³-hybridized carbons (Fsp3) is 0.417. The van der Waals surface area contributed by atoms with Crippen LogP contribution in [-0.2, 0) is 0 Å². The van der Waals surface area contributed by atoms with Crippen LogP contribution in [0.25, 0.3) is 0 Å². The third-order valence-corrected chi connectivity index (χ3v) is 3.20. The van der Waals surface area contributed by atoms with Crippen molar-refractivity contribution in [2.75, 3.05) is 11.4 Å². The third-order valence-electron chi connectivity index (χ3n) is 2.53. The fourth-order valence-corrected chi connectivity index (χ4v) is 2.19. The smallest absolute Gasteiger partial charge is 0.293 e. The van der Waals surface area contributed by atoms with Crippen molar-refractivity contribution in [3.8, 4) is 6.07 Å². The van der Waals surface area contributed by atoms with Crippen molar-refractivity contribution in [1.82, 2.24) is 0 Å². The minimum Gasteiger partial charge on any atom is -0.363 e. The van der Waals surface area contributed by atoms with Gasteiger partial charge in [0.15, 0.2) is 0 Å². The summed E-state index contributed by atoms with van der Waals surface area (Å²) in [5.74, 6) is 0. The molecule has 96 valence electrons. The van der Waals surface area contributed by atoms with Crippen LogP contribution in [0.5, 0.6) is 0 Å². The summed E-state index contributed by atoms with van der Waals surface area (Å²) in [5, 5.41) is 19.7. The number of rotatable bonds is 5. The number of nitro benzene ring substituents is 1. The summed E-state index contributed by atoms with van der Waals surface area (Å²) < 4.78 is 0.826. The zero-order chi connectivity index (χ0) is 13.7. The van der Waals surface area contributed by atoms with Gasteiger partial charge in [0.25, 0.3) is 5.69 Å². The molecule has 0 atom stereocenters. The summed E-state index contributed by atoms with van der Waals surface area (Å²) in [7, 11) is 0. The van der Waals surface area contributed by atoms with E-state index in [2.05, 4.69) is 6.07 Å². The number of halogens is 1. The highest BCUT2D eigenvalue weighted by molar-refractivity contribution is 14.1. The van der Waals surface area contributed by atoms with Crippen LogP contribution in [0, 0.1) is 25.0 Å². The fourth-order valence-electron chi connectivity index (χ4n) is 1.71. The molecule has 0 aliphatic heterocycles. The van der Waals surface area contributed by atoms with Gasteiger partial charge in [-0.05, 0) is 48.6 Å². The molecule has 0 saturated carbocycles. The van der Waals surface area contributed by atoms with Crippen molar-refractivity contribution in [2.24, 2.45) is 0 Å². The lowest BCUT2D eigenvalue weighted by molar-refractivity contribution is -0.384. The molecule has 0 saturated heterocycles. The quantitative estimate of drug-likeness (QED) is 0.459. The summed E-state index contributed by atoms with van der Waals surface area (Å²) in [6.45, 7) is 4.41. The van der Waals surface area contributed by atoms with Crippen LogP contribution in [0.4, 0.5) is 11.4 Å². The number of nitro groups is 1. The second-order valence-electron chi connectivity index (χ2n) is 4.09. The van der Waals surface area contributed by atoms with E-state index in [1.54, 1.807) is 12.1 Å². The van der Waals surface area contributed by atoms with E-state index >= 15 is 0 Å². The first-order valence-corrected chi connectivity index (χ1v) is 6.62. The van der Waals surface area contributed by atoms with Crippen LogP contribution in [0.15, 0.2) is 18.2 Å².